The lowest BCUT2D eigenvalue weighted by Gasteiger charge is -2.37. The molecule has 272 valence electrons. The van der Waals surface area contributed by atoms with Crippen molar-refractivity contribution in [2.24, 2.45) is 23.7 Å². The van der Waals surface area contributed by atoms with Crippen LogP contribution in [0, 0.1) is 35.3 Å². The summed E-state index contributed by atoms with van der Waals surface area (Å²) in [5.41, 5.74) is 3.49. The quantitative estimate of drug-likeness (QED) is 0.269. The second-order valence-corrected chi connectivity index (χ2v) is 15.4. The van der Waals surface area contributed by atoms with E-state index >= 15 is 0 Å². The molecule has 0 spiro atoms. The lowest BCUT2D eigenvalue weighted by molar-refractivity contribution is -0.121. The SMILES string of the molecule is CCOc1ccc2c(c1F)O[C@@H]1C[C@H](C3CCC(=COC)CC3)CC[C@@H]21.CCOc1ccc2c(c1F)O[C@@H]1C[C@H](C3CCC(=O)CC3)CC[C@@H]21. The Morgan fingerprint density at radius 1 is 0.660 bits per heavy atom. The van der Waals surface area contributed by atoms with Gasteiger partial charge in [-0.1, -0.05) is 12.1 Å². The van der Waals surface area contributed by atoms with Crippen LogP contribution in [0.3, 0.4) is 0 Å². The van der Waals surface area contributed by atoms with E-state index in [1.807, 2.05) is 32.2 Å². The molecular formula is C42H54F2O6. The van der Waals surface area contributed by atoms with Gasteiger partial charge in [0.2, 0.25) is 11.6 Å². The van der Waals surface area contributed by atoms with Gasteiger partial charge in [0.1, 0.15) is 18.0 Å². The van der Waals surface area contributed by atoms with Gasteiger partial charge in [0.25, 0.3) is 0 Å². The number of hydrogen-bond acceptors (Lipinski definition) is 6. The van der Waals surface area contributed by atoms with Crippen molar-refractivity contribution >= 4 is 5.78 Å². The molecule has 4 saturated carbocycles. The largest absolute Gasteiger partial charge is 0.504 e. The molecule has 6 nitrogen and oxygen atoms in total. The third-order valence-corrected chi connectivity index (χ3v) is 12.7. The summed E-state index contributed by atoms with van der Waals surface area (Å²) in [6, 6.07) is 7.49. The Morgan fingerprint density at radius 2 is 1.12 bits per heavy atom. The number of halogens is 2. The van der Waals surface area contributed by atoms with E-state index in [1.165, 1.54) is 24.8 Å². The van der Waals surface area contributed by atoms with Crippen molar-refractivity contribution in [2.45, 2.75) is 128 Å². The fourth-order valence-electron chi connectivity index (χ4n) is 10.1. The summed E-state index contributed by atoms with van der Waals surface area (Å²) in [4.78, 5) is 11.5. The van der Waals surface area contributed by atoms with E-state index in [9.17, 15) is 13.6 Å². The molecule has 0 saturated heterocycles. The monoisotopic (exact) mass is 692 g/mol. The highest BCUT2D eigenvalue weighted by Crippen LogP contribution is 2.53. The van der Waals surface area contributed by atoms with Gasteiger partial charge in [-0.15, -0.1) is 0 Å². The minimum atomic E-state index is -0.344. The van der Waals surface area contributed by atoms with Gasteiger partial charge in [0.05, 0.1) is 26.6 Å². The number of allylic oxidation sites excluding steroid dienone is 1. The van der Waals surface area contributed by atoms with Gasteiger partial charge in [0.15, 0.2) is 23.0 Å². The van der Waals surface area contributed by atoms with Crippen LogP contribution in [0.5, 0.6) is 23.0 Å². The predicted molar refractivity (Wildman–Crippen MR) is 188 cm³/mol. The van der Waals surface area contributed by atoms with Crippen molar-refractivity contribution in [3.8, 4) is 23.0 Å². The molecule has 6 aliphatic rings. The maximum atomic E-state index is 14.7. The van der Waals surface area contributed by atoms with Crippen LogP contribution in [-0.2, 0) is 9.53 Å². The number of hydrogen-bond donors (Lipinski definition) is 0. The van der Waals surface area contributed by atoms with Crippen molar-refractivity contribution in [3.63, 3.8) is 0 Å². The van der Waals surface area contributed by atoms with Crippen molar-refractivity contribution in [1.29, 1.82) is 0 Å². The molecular weight excluding hydrogens is 638 g/mol. The first kappa shape index (κ1) is 35.1. The van der Waals surface area contributed by atoms with Crippen LogP contribution in [0.1, 0.15) is 127 Å². The second kappa shape index (κ2) is 15.5. The lowest BCUT2D eigenvalue weighted by atomic mass is 9.69. The summed E-state index contributed by atoms with van der Waals surface area (Å²) in [6.45, 7) is 4.64. The van der Waals surface area contributed by atoms with Crippen LogP contribution in [-0.4, -0.2) is 38.3 Å². The minimum Gasteiger partial charge on any atom is -0.504 e. The van der Waals surface area contributed by atoms with Crippen LogP contribution in [0.25, 0.3) is 0 Å². The Bertz CT molecular complexity index is 1540. The Morgan fingerprint density at radius 3 is 1.56 bits per heavy atom. The summed E-state index contributed by atoms with van der Waals surface area (Å²) in [6.07, 6.45) is 17.0. The molecule has 50 heavy (non-hydrogen) atoms. The fourth-order valence-corrected chi connectivity index (χ4v) is 10.1. The zero-order valence-corrected chi connectivity index (χ0v) is 30.0. The predicted octanol–water partition coefficient (Wildman–Crippen LogP) is 10.2. The molecule has 0 bridgehead atoms. The number of fused-ring (bicyclic) bond motifs is 6. The Hall–Kier alpha value is -3.29. The van der Waals surface area contributed by atoms with Crippen LogP contribution in [0.15, 0.2) is 36.1 Å². The number of carbonyl (C=O) groups is 1. The molecule has 0 radical (unpaired) electrons. The fraction of sp³-hybridized carbons (Fsp3) is 0.643. The second-order valence-electron chi connectivity index (χ2n) is 15.4. The van der Waals surface area contributed by atoms with Crippen LogP contribution in [0.2, 0.25) is 0 Å². The van der Waals surface area contributed by atoms with Gasteiger partial charge in [-0.2, -0.15) is 8.78 Å². The van der Waals surface area contributed by atoms with Gasteiger partial charge < -0.3 is 23.7 Å². The molecule has 8 heteroatoms. The third kappa shape index (κ3) is 7.10. The van der Waals surface area contributed by atoms with E-state index in [-0.39, 0.29) is 29.6 Å². The van der Waals surface area contributed by atoms with Crippen molar-refractivity contribution < 1.29 is 37.3 Å². The number of methoxy groups -OCH3 is 1. The maximum absolute atomic E-state index is 14.7. The lowest BCUT2D eigenvalue weighted by Crippen LogP contribution is -2.33. The molecule has 4 aliphatic carbocycles. The zero-order valence-electron chi connectivity index (χ0n) is 30.0. The third-order valence-electron chi connectivity index (χ3n) is 12.7. The van der Waals surface area contributed by atoms with E-state index < -0.39 is 0 Å². The summed E-state index contributed by atoms with van der Waals surface area (Å²) < 4.78 is 57.4. The molecule has 6 atom stereocenters. The first-order chi connectivity index (χ1) is 24.4. The van der Waals surface area contributed by atoms with Gasteiger partial charge >= 0.3 is 0 Å². The van der Waals surface area contributed by atoms with E-state index in [4.69, 9.17) is 23.7 Å². The summed E-state index contributed by atoms with van der Waals surface area (Å²) in [7, 11) is 1.73. The first-order valence-corrected chi connectivity index (χ1v) is 19.3. The van der Waals surface area contributed by atoms with Gasteiger partial charge in [-0.25, -0.2) is 0 Å². The maximum Gasteiger partial charge on any atom is 0.207 e. The van der Waals surface area contributed by atoms with Crippen molar-refractivity contribution in [1.82, 2.24) is 0 Å². The number of ether oxygens (including phenoxy) is 5. The number of ketones is 1. The Balaban J connectivity index is 0.000000157. The highest BCUT2D eigenvalue weighted by atomic mass is 19.1. The molecule has 0 N–H and O–H groups in total. The van der Waals surface area contributed by atoms with E-state index in [0.29, 0.717) is 65.8 Å². The van der Waals surface area contributed by atoms with Gasteiger partial charge in [-0.3, -0.25) is 4.79 Å². The van der Waals surface area contributed by atoms with Crippen molar-refractivity contribution in [2.75, 3.05) is 20.3 Å². The highest BCUT2D eigenvalue weighted by molar-refractivity contribution is 5.79. The Kier molecular flexibility index (Phi) is 10.9. The average molecular weight is 693 g/mol. The van der Waals surface area contributed by atoms with Crippen LogP contribution < -0.4 is 18.9 Å². The molecule has 2 aromatic rings. The molecule has 0 aromatic heterocycles. The molecule has 8 rings (SSSR count). The summed E-state index contributed by atoms with van der Waals surface area (Å²) in [5, 5.41) is 0. The molecule has 2 aliphatic heterocycles. The minimum absolute atomic E-state index is 0.0859. The Labute approximate surface area is 296 Å². The molecule has 0 unspecified atom stereocenters. The molecule has 2 heterocycles. The van der Waals surface area contributed by atoms with E-state index in [1.54, 1.807) is 19.2 Å². The van der Waals surface area contributed by atoms with E-state index in [2.05, 4.69) is 0 Å². The number of Topliss-reactive ketones (excluding diaryl/α,β-unsaturated/α-hetero) is 1. The summed E-state index contributed by atoms with van der Waals surface area (Å²) >= 11 is 0. The standard InChI is InChI=1S/C22H29FO3.C20H25FO3/c1-3-25-19-11-10-18-17-9-8-16(12-20(17)26-22(18)21(19)23)15-6-4-14(5-7-15)13-24-2;1-2-23-17-10-9-16-15-8-5-13(12-3-6-14(22)7-4-12)11-18(15)24-20(16)19(17)21/h10-11,13,15-17,20H,3-9,12H2,1-2H3;9-10,12-13,15,18H,2-8,11H2,1H3/t15?,16-,17+,20-;13-,15+,18-/m11/s1. The zero-order chi connectivity index (χ0) is 34.8. The smallest absolute Gasteiger partial charge is 0.207 e. The van der Waals surface area contributed by atoms with Gasteiger partial charge in [-0.05, 0) is 132 Å². The number of benzene rings is 2. The summed E-state index contributed by atoms with van der Waals surface area (Å²) in [5.74, 6) is 4.58. The topological polar surface area (TPSA) is 63.2 Å². The normalized spacial score (nSPS) is 30.0. The number of carbonyl (C=O) groups excluding carboxylic acids is 1. The molecule has 4 fully saturated rings. The molecule has 0 amide bonds. The van der Waals surface area contributed by atoms with Crippen molar-refractivity contribution in [3.05, 3.63) is 58.9 Å². The molecule has 2 aromatic carbocycles. The van der Waals surface area contributed by atoms with Crippen LogP contribution in [0.4, 0.5) is 8.78 Å². The number of rotatable bonds is 7. The first-order valence-electron chi connectivity index (χ1n) is 19.3. The average Bonchev–Trinajstić information content (AvgIpc) is 3.70. The van der Waals surface area contributed by atoms with E-state index in [0.717, 1.165) is 87.7 Å². The highest BCUT2D eigenvalue weighted by Gasteiger charge is 2.45. The van der Waals surface area contributed by atoms with Gasteiger partial charge in [0, 0.05) is 35.8 Å². The van der Waals surface area contributed by atoms with Crippen LogP contribution >= 0.6 is 0 Å².